The SMILES string of the molecule is NCCN1C[C@]23CC[C@H](O2)[C@H](C(=O)NCCCc2csc(N)n2)[C@@H]3C1=O. The number of aryl methyl sites for hydroxylation is 1. The number of anilines is 1. The van der Waals surface area contributed by atoms with Crippen LogP contribution >= 0.6 is 11.3 Å². The predicted octanol–water partition coefficient (Wildman–Crippen LogP) is -0.261. The summed E-state index contributed by atoms with van der Waals surface area (Å²) in [6.07, 6.45) is 3.12. The Kier molecular flexibility index (Phi) is 4.62. The van der Waals surface area contributed by atoms with Crippen molar-refractivity contribution in [2.75, 3.05) is 31.9 Å². The molecule has 0 unspecified atom stereocenters. The number of carbonyl (C=O) groups is 2. The van der Waals surface area contributed by atoms with E-state index in [9.17, 15) is 9.59 Å². The highest BCUT2D eigenvalue weighted by atomic mass is 32.1. The fraction of sp³-hybridized carbons (Fsp3) is 0.706. The van der Waals surface area contributed by atoms with Gasteiger partial charge in [0.15, 0.2) is 5.13 Å². The molecule has 26 heavy (non-hydrogen) atoms. The van der Waals surface area contributed by atoms with E-state index in [1.54, 1.807) is 4.90 Å². The fourth-order valence-electron chi connectivity index (χ4n) is 4.72. The lowest BCUT2D eigenvalue weighted by Crippen LogP contribution is -2.46. The average Bonchev–Trinajstić information content (AvgIpc) is 3.34. The Labute approximate surface area is 156 Å². The summed E-state index contributed by atoms with van der Waals surface area (Å²) in [7, 11) is 0. The van der Waals surface area contributed by atoms with Crippen molar-refractivity contribution in [2.45, 2.75) is 37.4 Å². The van der Waals surface area contributed by atoms with Gasteiger partial charge in [0.1, 0.15) is 0 Å². The average molecular weight is 379 g/mol. The van der Waals surface area contributed by atoms with Crippen LogP contribution in [-0.4, -0.2) is 59.6 Å². The number of rotatable bonds is 7. The lowest BCUT2D eigenvalue weighted by Gasteiger charge is -2.27. The van der Waals surface area contributed by atoms with Crippen molar-refractivity contribution in [1.29, 1.82) is 0 Å². The Hall–Kier alpha value is -1.71. The molecule has 4 rings (SSSR count). The lowest BCUT2D eigenvalue weighted by molar-refractivity contribution is -0.138. The van der Waals surface area contributed by atoms with Crippen LogP contribution in [0.2, 0.25) is 0 Å². The number of fused-ring (bicyclic) bond motifs is 1. The van der Waals surface area contributed by atoms with Gasteiger partial charge in [-0.3, -0.25) is 9.59 Å². The molecule has 8 nitrogen and oxygen atoms in total. The largest absolute Gasteiger partial charge is 0.375 e. The van der Waals surface area contributed by atoms with Gasteiger partial charge in [-0.2, -0.15) is 0 Å². The van der Waals surface area contributed by atoms with Gasteiger partial charge in [0.05, 0.1) is 35.8 Å². The van der Waals surface area contributed by atoms with E-state index in [1.165, 1.54) is 11.3 Å². The topological polar surface area (TPSA) is 124 Å². The summed E-state index contributed by atoms with van der Waals surface area (Å²) < 4.78 is 6.16. The maximum Gasteiger partial charge on any atom is 0.229 e. The summed E-state index contributed by atoms with van der Waals surface area (Å²) >= 11 is 1.42. The molecule has 4 heterocycles. The second-order valence-electron chi connectivity index (χ2n) is 7.38. The zero-order chi connectivity index (χ0) is 18.3. The number of hydrogen-bond donors (Lipinski definition) is 3. The number of aromatic nitrogens is 1. The number of carbonyl (C=O) groups excluding carboxylic acids is 2. The number of thiazole rings is 1. The summed E-state index contributed by atoms with van der Waals surface area (Å²) in [5.74, 6) is -0.779. The second-order valence-corrected chi connectivity index (χ2v) is 8.27. The molecule has 0 aromatic carbocycles. The molecule has 0 saturated carbocycles. The van der Waals surface area contributed by atoms with Crippen LogP contribution in [0.3, 0.4) is 0 Å². The summed E-state index contributed by atoms with van der Waals surface area (Å²) in [4.78, 5) is 31.5. The van der Waals surface area contributed by atoms with Crippen LogP contribution in [0, 0.1) is 11.8 Å². The first-order valence-corrected chi connectivity index (χ1v) is 10.1. The van der Waals surface area contributed by atoms with Crippen LogP contribution in [0.15, 0.2) is 5.38 Å². The molecule has 3 saturated heterocycles. The van der Waals surface area contributed by atoms with Crippen molar-refractivity contribution in [3.63, 3.8) is 0 Å². The van der Waals surface area contributed by atoms with Gasteiger partial charge in [-0.05, 0) is 25.7 Å². The Balaban J connectivity index is 1.35. The molecule has 142 valence electrons. The molecule has 4 atom stereocenters. The number of amides is 2. The van der Waals surface area contributed by atoms with Gasteiger partial charge in [-0.1, -0.05) is 0 Å². The number of nitrogens with two attached hydrogens (primary N) is 2. The van der Waals surface area contributed by atoms with Gasteiger partial charge >= 0.3 is 0 Å². The Morgan fingerprint density at radius 2 is 2.38 bits per heavy atom. The zero-order valence-electron chi connectivity index (χ0n) is 14.6. The minimum atomic E-state index is -0.475. The van der Waals surface area contributed by atoms with E-state index < -0.39 is 5.60 Å². The van der Waals surface area contributed by atoms with Gasteiger partial charge in [-0.25, -0.2) is 4.98 Å². The van der Waals surface area contributed by atoms with E-state index >= 15 is 0 Å². The van der Waals surface area contributed by atoms with E-state index in [1.807, 2.05) is 5.38 Å². The predicted molar refractivity (Wildman–Crippen MR) is 97.3 cm³/mol. The quantitative estimate of drug-likeness (QED) is 0.561. The van der Waals surface area contributed by atoms with Crippen LogP contribution in [0.1, 0.15) is 25.0 Å². The monoisotopic (exact) mass is 379 g/mol. The minimum Gasteiger partial charge on any atom is -0.375 e. The standard InChI is InChI=1S/C17H25N5O3S/c18-5-7-22-9-17-4-3-11(25-17)12(13(17)15(22)24)14(23)20-6-1-2-10-8-26-16(19)21-10/h8,11-13H,1-7,9,18H2,(H2,19,21)(H,20,23)/t11-,12-,13+,17-/m0/s1. The van der Waals surface area contributed by atoms with Crippen molar-refractivity contribution in [3.8, 4) is 0 Å². The first-order chi connectivity index (χ1) is 12.5. The molecular weight excluding hydrogens is 354 g/mol. The van der Waals surface area contributed by atoms with E-state index in [0.717, 1.165) is 31.4 Å². The van der Waals surface area contributed by atoms with Crippen LogP contribution < -0.4 is 16.8 Å². The number of nitrogens with zero attached hydrogens (tertiary/aromatic N) is 2. The van der Waals surface area contributed by atoms with Gasteiger partial charge in [0, 0.05) is 25.0 Å². The molecule has 0 radical (unpaired) electrons. The number of nitrogen functional groups attached to an aromatic ring is 1. The Morgan fingerprint density at radius 1 is 1.54 bits per heavy atom. The normalized spacial score (nSPS) is 32.3. The van der Waals surface area contributed by atoms with Gasteiger partial charge in [0.2, 0.25) is 11.8 Å². The van der Waals surface area contributed by atoms with Crippen LogP contribution in [0.25, 0.3) is 0 Å². The van der Waals surface area contributed by atoms with E-state index in [4.69, 9.17) is 16.2 Å². The summed E-state index contributed by atoms with van der Waals surface area (Å²) in [5.41, 5.74) is 11.7. The van der Waals surface area contributed by atoms with Crippen molar-refractivity contribution >= 4 is 28.3 Å². The van der Waals surface area contributed by atoms with Crippen molar-refractivity contribution in [1.82, 2.24) is 15.2 Å². The smallest absolute Gasteiger partial charge is 0.229 e. The Bertz CT molecular complexity index is 710. The maximum atomic E-state index is 12.8. The van der Waals surface area contributed by atoms with E-state index in [-0.39, 0.29) is 29.8 Å². The molecule has 3 aliphatic heterocycles. The fourth-order valence-corrected chi connectivity index (χ4v) is 5.32. The molecule has 0 aliphatic carbocycles. The van der Waals surface area contributed by atoms with Crippen LogP contribution in [0.4, 0.5) is 5.13 Å². The molecule has 9 heteroatoms. The minimum absolute atomic E-state index is 0.0238. The van der Waals surface area contributed by atoms with Gasteiger partial charge in [0.25, 0.3) is 0 Å². The van der Waals surface area contributed by atoms with Crippen molar-refractivity contribution < 1.29 is 14.3 Å². The van der Waals surface area contributed by atoms with E-state index in [2.05, 4.69) is 10.3 Å². The molecule has 2 amide bonds. The summed E-state index contributed by atoms with van der Waals surface area (Å²) in [5, 5.41) is 5.50. The summed E-state index contributed by atoms with van der Waals surface area (Å²) in [6.45, 7) is 2.07. The maximum absolute atomic E-state index is 12.8. The molecule has 2 bridgehead atoms. The first kappa shape index (κ1) is 17.7. The molecule has 1 spiro atoms. The highest BCUT2D eigenvalue weighted by molar-refractivity contribution is 7.13. The van der Waals surface area contributed by atoms with Crippen LogP contribution in [0.5, 0.6) is 0 Å². The van der Waals surface area contributed by atoms with E-state index in [0.29, 0.717) is 31.3 Å². The second kappa shape index (κ2) is 6.79. The van der Waals surface area contributed by atoms with Crippen LogP contribution in [-0.2, 0) is 20.7 Å². The summed E-state index contributed by atoms with van der Waals surface area (Å²) in [6, 6.07) is 0. The van der Waals surface area contributed by atoms with Crippen molar-refractivity contribution in [3.05, 3.63) is 11.1 Å². The number of nitrogens with one attached hydrogen (secondary N) is 1. The molecule has 5 N–H and O–H groups in total. The van der Waals surface area contributed by atoms with Gasteiger partial charge in [-0.15, -0.1) is 11.3 Å². The molecule has 1 aromatic heterocycles. The lowest BCUT2D eigenvalue weighted by atomic mass is 9.73. The highest BCUT2D eigenvalue weighted by Crippen LogP contribution is 2.55. The molecular formula is C17H25N5O3S. The molecule has 3 fully saturated rings. The number of likely N-dealkylation sites (tertiary alicyclic amines) is 1. The molecule has 3 aliphatic rings. The third-order valence-electron chi connectivity index (χ3n) is 5.78. The number of hydrogen-bond acceptors (Lipinski definition) is 7. The Morgan fingerprint density at radius 3 is 3.12 bits per heavy atom. The first-order valence-electron chi connectivity index (χ1n) is 9.18. The zero-order valence-corrected chi connectivity index (χ0v) is 15.5. The molecule has 1 aromatic rings. The third-order valence-corrected chi connectivity index (χ3v) is 6.50. The highest BCUT2D eigenvalue weighted by Gasteiger charge is 2.68. The third kappa shape index (κ3) is 2.87. The number of ether oxygens (including phenoxy) is 1. The van der Waals surface area contributed by atoms with Crippen molar-refractivity contribution in [2.24, 2.45) is 17.6 Å². The van der Waals surface area contributed by atoms with Gasteiger partial charge < -0.3 is 26.4 Å².